The van der Waals surface area contributed by atoms with E-state index < -0.39 is 54.5 Å². The van der Waals surface area contributed by atoms with Crippen molar-refractivity contribution in [1.82, 2.24) is 10.2 Å². The summed E-state index contributed by atoms with van der Waals surface area (Å²) in [6.07, 6.45) is -1.45. The first-order valence-electron chi connectivity index (χ1n) is 12.8. The van der Waals surface area contributed by atoms with Gasteiger partial charge in [-0.1, -0.05) is 36.4 Å². The lowest BCUT2D eigenvalue weighted by atomic mass is 9.94. The van der Waals surface area contributed by atoms with E-state index in [9.17, 15) is 24.3 Å². The van der Waals surface area contributed by atoms with Gasteiger partial charge in [0.05, 0.1) is 13.0 Å². The second-order valence-electron chi connectivity index (χ2n) is 10.6. The highest BCUT2D eigenvalue weighted by atomic mass is 16.6. The van der Waals surface area contributed by atoms with E-state index in [-0.39, 0.29) is 6.54 Å². The molecule has 0 radical (unpaired) electrons. The number of primary amides is 1. The van der Waals surface area contributed by atoms with Crippen LogP contribution in [0, 0.1) is 27.7 Å². The van der Waals surface area contributed by atoms with Gasteiger partial charge in [0.25, 0.3) is 5.91 Å². The minimum atomic E-state index is -1.43. The fourth-order valence-corrected chi connectivity index (χ4v) is 4.25. The largest absolute Gasteiger partial charge is 0.444 e. The summed E-state index contributed by atoms with van der Waals surface area (Å²) in [5.41, 5.74) is 9.03. The molecule has 39 heavy (non-hydrogen) atoms. The molecule has 0 aliphatic carbocycles. The highest BCUT2D eigenvalue weighted by Crippen LogP contribution is 2.30. The number of benzene rings is 2. The van der Waals surface area contributed by atoms with Crippen LogP contribution in [-0.2, 0) is 19.1 Å². The van der Waals surface area contributed by atoms with Crippen molar-refractivity contribution in [2.24, 2.45) is 5.73 Å². The Hall–Kier alpha value is -3.92. The molecule has 0 fully saturated rings. The van der Waals surface area contributed by atoms with E-state index in [0.29, 0.717) is 11.3 Å². The quantitative estimate of drug-likeness (QED) is 0.363. The first-order valence-corrected chi connectivity index (χ1v) is 12.8. The maximum absolute atomic E-state index is 14.0. The molecule has 0 spiro atoms. The Morgan fingerprint density at radius 3 is 2.08 bits per heavy atom. The number of aryl methyl sites for hydroxylation is 3. The van der Waals surface area contributed by atoms with Gasteiger partial charge in [-0.05, 0) is 76.3 Å². The Labute approximate surface area is 229 Å². The van der Waals surface area contributed by atoms with Crippen molar-refractivity contribution < 1.29 is 29.0 Å². The summed E-state index contributed by atoms with van der Waals surface area (Å²) in [7, 11) is 0. The molecule has 5 N–H and O–H groups in total. The Bertz CT molecular complexity index is 1200. The van der Waals surface area contributed by atoms with Gasteiger partial charge >= 0.3 is 6.09 Å². The van der Waals surface area contributed by atoms with Gasteiger partial charge in [0.2, 0.25) is 11.8 Å². The van der Waals surface area contributed by atoms with Gasteiger partial charge in [0, 0.05) is 12.2 Å². The molecule has 10 nitrogen and oxygen atoms in total. The number of anilines is 1. The van der Waals surface area contributed by atoms with Gasteiger partial charge in [-0.3, -0.25) is 14.4 Å². The average molecular weight is 541 g/mol. The molecule has 4 amide bonds. The molecule has 2 aromatic rings. The number of ether oxygens (including phenoxy) is 1. The van der Waals surface area contributed by atoms with Crippen molar-refractivity contribution in [1.29, 1.82) is 0 Å². The van der Waals surface area contributed by atoms with Crippen molar-refractivity contribution in [3.05, 3.63) is 64.2 Å². The summed E-state index contributed by atoms with van der Waals surface area (Å²) in [5, 5.41) is 15.3. The molecule has 2 unspecified atom stereocenters. The summed E-state index contributed by atoms with van der Waals surface area (Å²) < 4.78 is 5.27. The predicted octanol–water partition coefficient (Wildman–Crippen LogP) is 3.19. The zero-order valence-corrected chi connectivity index (χ0v) is 23.8. The second kappa shape index (κ2) is 13.2. The lowest BCUT2D eigenvalue weighted by molar-refractivity contribution is -0.142. The van der Waals surface area contributed by atoms with Gasteiger partial charge in [-0.25, -0.2) is 4.79 Å². The van der Waals surface area contributed by atoms with Gasteiger partial charge in [-0.15, -0.1) is 0 Å². The minimum absolute atomic E-state index is 0.248. The number of aliphatic hydroxyl groups is 1. The van der Waals surface area contributed by atoms with Crippen molar-refractivity contribution in [2.75, 3.05) is 18.5 Å². The molecule has 0 heterocycles. The number of nitrogens with zero attached hydrogens (tertiary/aromatic N) is 1. The Morgan fingerprint density at radius 2 is 1.54 bits per heavy atom. The SMILES string of the molecule is Cc1cccc(C(C(=O)Nc2c(C)cccc2C)N(CCO)C(=O)C(CC(N)=O)NC(=O)OC(C)(C)C)c1C. The van der Waals surface area contributed by atoms with E-state index in [0.717, 1.165) is 27.2 Å². The third-order valence-corrected chi connectivity index (χ3v) is 6.25. The minimum Gasteiger partial charge on any atom is -0.444 e. The third-order valence-electron chi connectivity index (χ3n) is 6.25. The van der Waals surface area contributed by atoms with Crippen LogP contribution in [0.25, 0.3) is 0 Å². The highest BCUT2D eigenvalue weighted by molar-refractivity contribution is 6.00. The molecular formula is C29H40N4O6. The second-order valence-corrected chi connectivity index (χ2v) is 10.6. The van der Waals surface area contributed by atoms with E-state index in [2.05, 4.69) is 10.6 Å². The van der Waals surface area contributed by atoms with Gasteiger partial charge in [-0.2, -0.15) is 0 Å². The van der Waals surface area contributed by atoms with Gasteiger partial charge in [0.15, 0.2) is 0 Å². The summed E-state index contributed by atoms with van der Waals surface area (Å²) >= 11 is 0. The summed E-state index contributed by atoms with van der Waals surface area (Å²) in [6, 6.07) is 8.37. The number of hydrogen-bond acceptors (Lipinski definition) is 6. The van der Waals surface area contributed by atoms with Crippen LogP contribution >= 0.6 is 0 Å². The number of carbonyl (C=O) groups excluding carboxylic acids is 4. The molecule has 0 aliphatic heterocycles. The van der Waals surface area contributed by atoms with Crippen LogP contribution in [0.5, 0.6) is 0 Å². The van der Waals surface area contributed by atoms with Crippen molar-refractivity contribution in [3.8, 4) is 0 Å². The van der Waals surface area contributed by atoms with E-state index in [1.54, 1.807) is 32.9 Å². The predicted molar refractivity (Wildman–Crippen MR) is 149 cm³/mol. The molecular weight excluding hydrogens is 500 g/mol. The summed E-state index contributed by atoms with van der Waals surface area (Å²) in [4.78, 5) is 53.5. The monoisotopic (exact) mass is 540 g/mol. The van der Waals surface area contributed by atoms with Crippen molar-refractivity contribution >= 4 is 29.5 Å². The molecule has 0 aromatic heterocycles. The highest BCUT2D eigenvalue weighted by Gasteiger charge is 2.37. The van der Waals surface area contributed by atoms with Crippen LogP contribution in [0.4, 0.5) is 10.5 Å². The lowest BCUT2D eigenvalue weighted by Gasteiger charge is -2.35. The fourth-order valence-electron chi connectivity index (χ4n) is 4.25. The Balaban J connectivity index is 2.61. The van der Waals surface area contributed by atoms with Crippen molar-refractivity contribution in [3.63, 3.8) is 0 Å². The molecule has 2 aromatic carbocycles. The Kier molecular flexibility index (Phi) is 10.6. The number of rotatable bonds is 10. The van der Waals surface area contributed by atoms with E-state index in [4.69, 9.17) is 10.5 Å². The number of nitrogens with two attached hydrogens (primary N) is 1. The normalized spacial score (nSPS) is 12.7. The van der Waals surface area contributed by atoms with Crippen LogP contribution in [0.15, 0.2) is 36.4 Å². The number of aliphatic hydroxyl groups excluding tert-OH is 1. The van der Waals surface area contributed by atoms with E-state index >= 15 is 0 Å². The third kappa shape index (κ3) is 8.54. The Morgan fingerprint density at radius 1 is 0.974 bits per heavy atom. The number of para-hydroxylation sites is 1. The lowest BCUT2D eigenvalue weighted by Crippen LogP contribution is -2.54. The number of amides is 4. The topological polar surface area (TPSA) is 151 Å². The maximum Gasteiger partial charge on any atom is 0.408 e. The van der Waals surface area contributed by atoms with E-state index in [1.165, 1.54) is 0 Å². The summed E-state index contributed by atoms with van der Waals surface area (Å²) in [6.45, 7) is 11.7. The number of alkyl carbamates (subject to hydrolysis) is 1. The molecule has 212 valence electrons. The van der Waals surface area contributed by atoms with Crippen molar-refractivity contribution in [2.45, 2.75) is 72.6 Å². The smallest absolute Gasteiger partial charge is 0.408 e. The molecule has 0 saturated heterocycles. The van der Waals surface area contributed by atoms with Gasteiger partial charge in [0.1, 0.15) is 17.7 Å². The standard InChI is InChI=1S/C29H40N4O6/c1-17-10-9-13-21(20(17)4)25(26(36)32-24-18(2)11-8-12-19(24)3)33(14-15-34)27(37)22(16-23(30)35)31-28(38)39-29(5,6)7/h8-13,22,25,34H,14-16H2,1-7H3,(H2,30,35)(H,31,38)(H,32,36). The number of nitrogens with one attached hydrogen (secondary N) is 2. The first-order chi connectivity index (χ1) is 18.2. The molecule has 10 heteroatoms. The van der Waals surface area contributed by atoms with Crippen LogP contribution in [-0.4, -0.2) is 58.6 Å². The first kappa shape index (κ1) is 31.3. The summed E-state index contributed by atoms with van der Waals surface area (Å²) in [5.74, 6) is -2.12. The average Bonchev–Trinajstić information content (AvgIpc) is 2.81. The maximum atomic E-state index is 14.0. The van der Waals surface area contributed by atoms with Crippen LogP contribution in [0.3, 0.4) is 0 Å². The molecule has 2 atom stereocenters. The van der Waals surface area contributed by atoms with Crippen LogP contribution in [0.1, 0.15) is 61.1 Å². The van der Waals surface area contributed by atoms with Gasteiger partial charge < -0.3 is 31.1 Å². The number of carbonyl (C=O) groups is 4. The molecule has 0 bridgehead atoms. The molecule has 0 aliphatic rings. The molecule has 2 rings (SSSR count). The van der Waals surface area contributed by atoms with Crippen LogP contribution < -0.4 is 16.4 Å². The van der Waals surface area contributed by atoms with Crippen LogP contribution in [0.2, 0.25) is 0 Å². The van der Waals surface area contributed by atoms with E-state index in [1.807, 2.05) is 52.0 Å². The zero-order chi connectivity index (χ0) is 29.5. The zero-order valence-electron chi connectivity index (χ0n) is 23.8. The molecule has 0 saturated carbocycles. The number of hydrogen-bond donors (Lipinski definition) is 4. The fraction of sp³-hybridized carbons (Fsp3) is 0.448.